The maximum atomic E-state index is 9.44. The molecule has 0 fully saturated rings. The van der Waals surface area contributed by atoms with Crippen molar-refractivity contribution in [3.05, 3.63) is 89.3 Å². The summed E-state index contributed by atoms with van der Waals surface area (Å²) in [6.07, 6.45) is 0. The van der Waals surface area contributed by atoms with Gasteiger partial charge in [0.05, 0.1) is 6.04 Å². The molecule has 30 heavy (non-hydrogen) atoms. The summed E-state index contributed by atoms with van der Waals surface area (Å²) in [5, 5.41) is 12.6. The topological polar surface area (TPSA) is 84.2 Å². The molecule has 4 rings (SSSR count). The Labute approximate surface area is 174 Å². The second-order valence-corrected chi connectivity index (χ2v) is 6.96. The number of nitrogens with zero attached hydrogens (tertiary/aromatic N) is 2. The Kier molecular flexibility index (Phi) is 5.53. The average molecular weight is 399 g/mol. The molecule has 0 aliphatic rings. The van der Waals surface area contributed by atoms with Crippen LogP contribution in [0.4, 0.5) is 5.88 Å². The molecule has 6 heteroatoms. The van der Waals surface area contributed by atoms with Gasteiger partial charge < -0.3 is 18.9 Å². The van der Waals surface area contributed by atoms with Crippen molar-refractivity contribution in [3.63, 3.8) is 0 Å². The molecule has 1 N–H and O–H groups in total. The Morgan fingerprint density at radius 1 is 1.07 bits per heavy atom. The Balaban J connectivity index is 1.47. The lowest BCUT2D eigenvalue weighted by molar-refractivity contribution is 0.271. The van der Waals surface area contributed by atoms with Gasteiger partial charge in [-0.1, -0.05) is 42.5 Å². The number of benzene rings is 2. The Bertz CT molecular complexity index is 1170. The van der Waals surface area contributed by atoms with Gasteiger partial charge in [-0.3, -0.25) is 0 Å². The lowest BCUT2D eigenvalue weighted by atomic mass is 10.1. The van der Waals surface area contributed by atoms with E-state index in [0.717, 1.165) is 16.9 Å². The summed E-state index contributed by atoms with van der Waals surface area (Å²) in [6.45, 7) is 4.29. The monoisotopic (exact) mass is 399 g/mol. The van der Waals surface area contributed by atoms with E-state index in [-0.39, 0.29) is 24.2 Å². The number of aryl methyl sites for hydroxylation is 1. The standard InChI is InChI=1S/C24H21N3O3/c1-16-7-6-10-19(13-16)28-15-20-11-12-22(29-20)24-27-21(14-25)23(30-24)26-17(2)18-8-4-3-5-9-18/h3-13,17,26H,15H2,1-2H3. The molecule has 0 bridgehead atoms. The quantitative estimate of drug-likeness (QED) is 0.418. The van der Waals surface area contributed by atoms with Crippen molar-refractivity contribution in [2.75, 3.05) is 5.32 Å². The van der Waals surface area contributed by atoms with E-state index in [9.17, 15) is 5.26 Å². The number of aromatic nitrogens is 1. The highest BCUT2D eigenvalue weighted by atomic mass is 16.5. The molecule has 0 saturated carbocycles. The molecule has 1 atom stereocenters. The van der Waals surface area contributed by atoms with Gasteiger partial charge in [-0.15, -0.1) is 0 Å². The number of hydrogen-bond donors (Lipinski definition) is 1. The summed E-state index contributed by atoms with van der Waals surface area (Å²) in [5.74, 6) is 2.41. The number of ether oxygens (including phenoxy) is 1. The molecule has 1 unspecified atom stereocenters. The van der Waals surface area contributed by atoms with Crippen molar-refractivity contribution < 1.29 is 13.6 Å². The van der Waals surface area contributed by atoms with Gasteiger partial charge >= 0.3 is 0 Å². The van der Waals surface area contributed by atoms with Crippen LogP contribution in [-0.2, 0) is 6.61 Å². The van der Waals surface area contributed by atoms with Crippen LogP contribution in [0.25, 0.3) is 11.7 Å². The molecular formula is C24H21N3O3. The summed E-state index contributed by atoms with van der Waals surface area (Å²) in [6, 6.07) is 23.3. The number of hydrogen-bond acceptors (Lipinski definition) is 6. The van der Waals surface area contributed by atoms with Crippen LogP contribution in [0, 0.1) is 18.3 Å². The van der Waals surface area contributed by atoms with Crippen molar-refractivity contribution in [1.29, 1.82) is 5.26 Å². The lowest BCUT2D eigenvalue weighted by Crippen LogP contribution is -2.06. The summed E-state index contributed by atoms with van der Waals surface area (Å²) in [7, 11) is 0. The molecular weight excluding hydrogens is 378 g/mol. The minimum Gasteiger partial charge on any atom is -0.486 e. The highest BCUT2D eigenvalue weighted by Gasteiger charge is 2.19. The van der Waals surface area contributed by atoms with E-state index in [4.69, 9.17) is 13.6 Å². The van der Waals surface area contributed by atoms with Crippen LogP contribution in [0.3, 0.4) is 0 Å². The summed E-state index contributed by atoms with van der Waals surface area (Å²) in [4.78, 5) is 4.26. The third kappa shape index (κ3) is 4.36. The highest BCUT2D eigenvalue weighted by molar-refractivity contribution is 5.55. The van der Waals surface area contributed by atoms with Gasteiger partial charge in [0.2, 0.25) is 11.6 Å². The third-order valence-corrected chi connectivity index (χ3v) is 4.62. The fourth-order valence-corrected chi connectivity index (χ4v) is 3.05. The van der Waals surface area contributed by atoms with E-state index in [2.05, 4.69) is 16.4 Å². The number of nitrogens with one attached hydrogen (secondary N) is 1. The van der Waals surface area contributed by atoms with Crippen molar-refractivity contribution >= 4 is 5.88 Å². The number of nitriles is 1. The number of anilines is 1. The first-order chi connectivity index (χ1) is 14.6. The van der Waals surface area contributed by atoms with Crippen LogP contribution < -0.4 is 10.1 Å². The van der Waals surface area contributed by atoms with Crippen LogP contribution in [0.2, 0.25) is 0 Å². The molecule has 0 aliphatic carbocycles. The first-order valence-corrected chi connectivity index (χ1v) is 9.63. The molecule has 150 valence electrons. The minimum absolute atomic E-state index is 0.0472. The Morgan fingerprint density at radius 2 is 1.90 bits per heavy atom. The maximum Gasteiger partial charge on any atom is 0.266 e. The second-order valence-electron chi connectivity index (χ2n) is 6.96. The largest absolute Gasteiger partial charge is 0.486 e. The van der Waals surface area contributed by atoms with Crippen molar-refractivity contribution in [2.45, 2.75) is 26.5 Å². The summed E-state index contributed by atoms with van der Waals surface area (Å²) in [5.41, 5.74) is 2.39. The SMILES string of the molecule is Cc1cccc(OCc2ccc(-c3nc(C#N)c(NC(C)c4ccccc4)o3)o2)c1. The highest BCUT2D eigenvalue weighted by Crippen LogP contribution is 2.29. The van der Waals surface area contributed by atoms with Crippen molar-refractivity contribution in [2.24, 2.45) is 0 Å². The normalized spacial score (nSPS) is 11.6. The average Bonchev–Trinajstić information content (AvgIpc) is 3.40. The molecule has 0 amide bonds. The zero-order valence-electron chi connectivity index (χ0n) is 16.8. The van der Waals surface area contributed by atoms with Crippen LogP contribution in [0.1, 0.15) is 35.5 Å². The van der Waals surface area contributed by atoms with Crippen LogP contribution in [0.15, 0.2) is 75.6 Å². The van der Waals surface area contributed by atoms with Crippen molar-refractivity contribution in [1.82, 2.24) is 4.98 Å². The molecule has 6 nitrogen and oxygen atoms in total. The lowest BCUT2D eigenvalue weighted by Gasteiger charge is -2.12. The van der Waals surface area contributed by atoms with E-state index >= 15 is 0 Å². The van der Waals surface area contributed by atoms with Gasteiger partial charge in [-0.05, 0) is 49.2 Å². The molecule has 2 heterocycles. The predicted octanol–water partition coefficient (Wildman–Crippen LogP) is 5.87. The van der Waals surface area contributed by atoms with Gasteiger partial charge in [0.25, 0.3) is 5.89 Å². The van der Waals surface area contributed by atoms with Gasteiger partial charge in [-0.25, -0.2) is 0 Å². The fourth-order valence-electron chi connectivity index (χ4n) is 3.05. The van der Waals surface area contributed by atoms with Gasteiger partial charge in [-0.2, -0.15) is 10.2 Å². The van der Waals surface area contributed by atoms with E-state index in [1.165, 1.54) is 0 Å². The second kappa shape index (κ2) is 8.58. The molecule has 4 aromatic rings. The molecule has 0 spiro atoms. The molecule has 0 saturated heterocycles. The van der Waals surface area contributed by atoms with E-state index in [0.29, 0.717) is 17.4 Å². The number of oxazole rings is 1. The number of furan rings is 1. The predicted molar refractivity (Wildman–Crippen MR) is 113 cm³/mol. The van der Waals surface area contributed by atoms with Gasteiger partial charge in [0, 0.05) is 0 Å². The zero-order valence-corrected chi connectivity index (χ0v) is 16.8. The van der Waals surface area contributed by atoms with E-state index < -0.39 is 0 Å². The number of rotatable bonds is 7. The van der Waals surface area contributed by atoms with Crippen LogP contribution >= 0.6 is 0 Å². The molecule has 0 radical (unpaired) electrons. The van der Waals surface area contributed by atoms with E-state index in [1.807, 2.05) is 68.4 Å². The molecule has 2 aromatic carbocycles. The fraction of sp³-hybridized carbons (Fsp3) is 0.167. The van der Waals surface area contributed by atoms with E-state index in [1.54, 1.807) is 12.1 Å². The van der Waals surface area contributed by atoms with Crippen LogP contribution in [0.5, 0.6) is 5.75 Å². The zero-order chi connectivity index (χ0) is 20.9. The third-order valence-electron chi connectivity index (χ3n) is 4.62. The first-order valence-electron chi connectivity index (χ1n) is 9.63. The van der Waals surface area contributed by atoms with Gasteiger partial charge in [0.1, 0.15) is 24.2 Å². The smallest absolute Gasteiger partial charge is 0.266 e. The van der Waals surface area contributed by atoms with Crippen molar-refractivity contribution in [3.8, 4) is 23.5 Å². The summed E-state index contributed by atoms with van der Waals surface area (Å²) >= 11 is 0. The molecule has 2 aromatic heterocycles. The summed E-state index contributed by atoms with van der Waals surface area (Å²) < 4.78 is 17.4. The first kappa shape index (κ1) is 19.3. The maximum absolute atomic E-state index is 9.44. The Hall–Kier alpha value is -3.98. The van der Waals surface area contributed by atoms with Crippen LogP contribution in [-0.4, -0.2) is 4.98 Å². The Morgan fingerprint density at radius 3 is 2.67 bits per heavy atom. The van der Waals surface area contributed by atoms with Gasteiger partial charge in [0.15, 0.2) is 5.76 Å². The minimum atomic E-state index is -0.0472. The molecule has 0 aliphatic heterocycles.